The number of halogens is 1. The van der Waals surface area contributed by atoms with Crippen LogP contribution in [0.3, 0.4) is 0 Å². The van der Waals surface area contributed by atoms with Gasteiger partial charge in [0, 0.05) is 24.5 Å². The van der Waals surface area contributed by atoms with Crippen LogP contribution in [0.5, 0.6) is 11.5 Å². The third-order valence-corrected chi connectivity index (χ3v) is 5.37. The molecule has 31 heavy (non-hydrogen) atoms. The molecule has 0 amide bonds. The number of aryl methyl sites for hydroxylation is 1. The fourth-order valence-corrected chi connectivity index (χ4v) is 3.84. The standard InChI is InChI=1S/C23H19ClN4O3/c1-3-19-27-23(31-28-19)22-13(12-29-2)20-16(11-25-22)26-15-8-6-10-18(21(15)20)30-17-9-5-4-7-14(17)24/h4-11,26H,3,12H2,1-2H3. The Labute approximate surface area is 183 Å². The van der Waals surface area contributed by atoms with Crippen LogP contribution >= 0.6 is 11.6 Å². The first-order valence-electron chi connectivity index (χ1n) is 9.86. The molecule has 0 fully saturated rings. The number of H-pyrrole nitrogens is 1. The van der Waals surface area contributed by atoms with Crippen LogP contribution in [-0.4, -0.2) is 27.2 Å². The van der Waals surface area contributed by atoms with Gasteiger partial charge in [0.15, 0.2) is 5.82 Å². The lowest BCUT2D eigenvalue weighted by molar-refractivity contribution is 0.186. The van der Waals surface area contributed by atoms with Crippen molar-refractivity contribution in [2.24, 2.45) is 0 Å². The monoisotopic (exact) mass is 434 g/mol. The number of fused-ring (bicyclic) bond motifs is 3. The Morgan fingerprint density at radius 2 is 1.87 bits per heavy atom. The number of methoxy groups -OCH3 is 1. The van der Waals surface area contributed by atoms with Gasteiger partial charge < -0.3 is 19.0 Å². The summed E-state index contributed by atoms with van der Waals surface area (Å²) in [4.78, 5) is 12.5. The molecule has 0 atom stereocenters. The van der Waals surface area contributed by atoms with E-state index in [0.717, 1.165) is 27.4 Å². The molecule has 0 aliphatic carbocycles. The first kappa shape index (κ1) is 19.5. The van der Waals surface area contributed by atoms with E-state index in [0.29, 0.717) is 47.0 Å². The summed E-state index contributed by atoms with van der Waals surface area (Å²) >= 11 is 6.33. The molecular formula is C23H19ClN4O3. The van der Waals surface area contributed by atoms with Crippen LogP contribution in [0.2, 0.25) is 5.02 Å². The number of para-hydroxylation sites is 1. The highest BCUT2D eigenvalue weighted by molar-refractivity contribution is 6.32. The zero-order chi connectivity index (χ0) is 21.4. The lowest BCUT2D eigenvalue weighted by Gasteiger charge is -2.11. The quantitative estimate of drug-likeness (QED) is 0.357. The Bertz CT molecular complexity index is 1390. The first-order chi connectivity index (χ1) is 15.2. The SMILES string of the molecule is CCc1noc(-c2ncc3[nH]c4cccc(Oc5ccccc5Cl)c4c3c2COC)n1. The Kier molecular flexibility index (Phi) is 5.05. The molecule has 0 unspecified atom stereocenters. The lowest BCUT2D eigenvalue weighted by atomic mass is 10.0. The zero-order valence-electron chi connectivity index (χ0n) is 17.0. The highest BCUT2D eigenvalue weighted by atomic mass is 35.5. The van der Waals surface area contributed by atoms with E-state index < -0.39 is 0 Å². The van der Waals surface area contributed by atoms with Crippen LogP contribution in [-0.2, 0) is 17.8 Å². The number of pyridine rings is 1. The summed E-state index contributed by atoms with van der Waals surface area (Å²) in [6, 6.07) is 13.2. The molecule has 5 rings (SSSR count). The summed E-state index contributed by atoms with van der Waals surface area (Å²) in [7, 11) is 1.64. The smallest absolute Gasteiger partial charge is 0.276 e. The van der Waals surface area contributed by atoms with Gasteiger partial charge >= 0.3 is 0 Å². The van der Waals surface area contributed by atoms with E-state index in [4.69, 9.17) is 25.6 Å². The molecule has 0 spiro atoms. The number of benzene rings is 2. The molecule has 7 nitrogen and oxygen atoms in total. The van der Waals surface area contributed by atoms with Crippen molar-refractivity contribution in [2.45, 2.75) is 20.0 Å². The van der Waals surface area contributed by atoms with Crippen molar-refractivity contribution in [3.63, 3.8) is 0 Å². The number of hydrogen-bond acceptors (Lipinski definition) is 6. The van der Waals surface area contributed by atoms with Gasteiger partial charge in [-0.25, -0.2) is 4.98 Å². The number of nitrogens with zero attached hydrogens (tertiary/aromatic N) is 3. The van der Waals surface area contributed by atoms with Gasteiger partial charge in [-0.2, -0.15) is 4.98 Å². The van der Waals surface area contributed by atoms with E-state index in [1.165, 1.54) is 0 Å². The summed E-state index contributed by atoms with van der Waals surface area (Å²) in [5.41, 5.74) is 3.20. The van der Waals surface area contributed by atoms with Gasteiger partial charge in [-0.15, -0.1) is 0 Å². The Balaban J connectivity index is 1.77. The summed E-state index contributed by atoms with van der Waals surface area (Å²) in [5, 5.41) is 6.39. The third-order valence-electron chi connectivity index (χ3n) is 5.06. The van der Waals surface area contributed by atoms with Crippen molar-refractivity contribution in [2.75, 3.05) is 7.11 Å². The molecule has 0 radical (unpaired) electrons. The highest BCUT2D eigenvalue weighted by Gasteiger charge is 2.21. The van der Waals surface area contributed by atoms with Crippen LogP contribution in [0.1, 0.15) is 18.3 Å². The fraction of sp³-hybridized carbons (Fsp3) is 0.174. The predicted molar refractivity (Wildman–Crippen MR) is 119 cm³/mol. The number of aromatic nitrogens is 4. The van der Waals surface area contributed by atoms with Crippen LogP contribution in [0.25, 0.3) is 33.4 Å². The third kappa shape index (κ3) is 3.41. The summed E-state index contributed by atoms with van der Waals surface area (Å²) in [5.74, 6) is 2.25. The van der Waals surface area contributed by atoms with Crippen LogP contribution in [0, 0.1) is 0 Å². The largest absolute Gasteiger partial charge is 0.455 e. The Morgan fingerprint density at radius 1 is 1.03 bits per heavy atom. The molecule has 0 bridgehead atoms. The molecule has 3 heterocycles. The van der Waals surface area contributed by atoms with Gasteiger partial charge in [-0.1, -0.05) is 41.9 Å². The van der Waals surface area contributed by atoms with Gasteiger partial charge in [-0.3, -0.25) is 0 Å². The van der Waals surface area contributed by atoms with Crippen LogP contribution in [0.15, 0.2) is 53.2 Å². The summed E-state index contributed by atoms with van der Waals surface area (Å²) in [6.45, 7) is 2.29. The molecule has 8 heteroatoms. The van der Waals surface area contributed by atoms with Gasteiger partial charge in [0.2, 0.25) is 0 Å². The van der Waals surface area contributed by atoms with Gasteiger partial charge in [-0.05, 0) is 24.3 Å². The van der Waals surface area contributed by atoms with Crippen LogP contribution < -0.4 is 4.74 Å². The normalized spacial score (nSPS) is 11.5. The maximum Gasteiger partial charge on any atom is 0.276 e. The van der Waals surface area contributed by atoms with Gasteiger partial charge in [0.05, 0.1) is 34.2 Å². The van der Waals surface area contributed by atoms with E-state index >= 15 is 0 Å². The van der Waals surface area contributed by atoms with Gasteiger partial charge in [0.1, 0.15) is 17.2 Å². The summed E-state index contributed by atoms with van der Waals surface area (Å²) in [6.07, 6.45) is 2.44. The fourth-order valence-electron chi connectivity index (χ4n) is 3.67. The molecule has 0 aliphatic rings. The van der Waals surface area contributed by atoms with E-state index in [-0.39, 0.29) is 0 Å². The summed E-state index contributed by atoms with van der Waals surface area (Å²) < 4.78 is 17.2. The average molecular weight is 435 g/mol. The predicted octanol–water partition coefficient (Wildman–Crippen LogP) is 5.92. The molecule has 0 aliphatic heterocycles. The second-order valence-corrected chi connectivity index (χ2v) is 7.42. The van der Waals surface area contributed by atoms with Crippen molar-refractivity contribution < 1.29 is 14.0 Å². The minimum Gasteiger partial charge on any atom is -0.455 e. The van der Waals surface area contributed by atoms with Crippen molar-refractivity contribution in [3.05, 3.63) is 65.1 Å². The molecule has 2 aromatic carbocycles. The number of aromatic amines is 1. The first-order valence-corrected chi connectivity index (χ1v) is 10.2. The lowest BCUT2D eigenvalue weighted by Crippen LogP contribution is -1.97. The van der Waals surface area contributed by atoms with E-state index in [1.807, 2.05) is 43.3 Å². The van der Waals surface area contributed by atoms with Crippen molar-refractivity contribution >= 4 is 33.4 Å². The Morgan fingerprint density at radius 3 is 2.65 bits per heavy atom. The molecule has 0 saturated heterocycles. The van der Waals surface area contributed by atoms with Crippen LogP contribution in [0.4, 0.5) is 0 Å². The molecule has 1 N–H and O–H groups in total. The van der Waals surface area contributed by atoms with Crippen molar-refractivity contribution in [3.8, 4) is 23.1 Å². The number of rotatable bonds is 6. The highest BCUT2D eigenvalue weighted by Crippen LogP contribution is 2.40. The second kappa shape index (κ2) is 8.02. The molecule has 0 saturated carbocycles. The molecule has 156 valence electrons. The Hall–Kier alpha value is -3.42. The maximum atomic E-state index is 6.33. The minimum absolute atomic E-state index is 0.316. The van der Waals surface area contributed by atoms with E-state index in [9.17, 15) is 0 Å². The number of ether oxygens (including phenoxy) is 2. The van der Waals surface area contributed by atoms with Gasteiger partial charge in [0.25, 0.3) is 5.89 Å². The average Bonchev–Trinajstić information content (AvgIpc) is 3.41. The number of nitrogens with one attached hydrogen (secondary N) is 1. The zero-order valence-corrected chi connectivity index (χ0v) is 17.7. The topological polar surface area (TPSA) is 86.1 Å². The molecule has 3 aromatic heterocycles. The van der Waals surface area contributed by atoms with E-state index in [2.05, 4.69) is 20.1 Å². The van der Waals surface area contributed by atoms with Crippen molar-refractivity contribution in [1.29, 1.82) is 0 Å². The molecular weight excluding hydrogens is 416 g/mol. The molecule has 5 aromatic rings. The van der Waals surface area contributed by atoms with Crippen molar-refractivity contribution in [1.82, 2.24) is 20.1 Å². The maximum absolute atomic E-state index is 6.33. The number of hydrogen-bond donors (Lipinski definition) is 1. The van der Waals surface area contributed by atoms with E-state index in [1.54, 1.807) is 19.4 Å². The minimum atomic E-state index is 0.316. The second-order valence-electron chi connectivity index (χ2n) is 7.01.